The number of methoxy groups -OCH3 is 2. The van der Waals surface area contributed by atoms with Crippen LogP contribution in [0.2, 0.25) is 0 Å². The molecule has 0 unspecified atom stereocenters. The number of carbonyl (C=O) groups is 1. The molecule has 31 heavy (non-hydrogen) atoms. The summed E-state index contributed by atoms with van der Waals surface area (Å²) < 4.78 is 22.2. The molecule has 7 nitrogen and oxygen atoms in total. The van der Waals surface area contributed by atoms with Gasteiger partial charge >= 0.3 is 0 Å². The van der Waals surface area contributed by atoms with Crippen molar-refractivity contribution in [3.63, 3.8) is 0 Å². The first-order valence-corrected chi connectivity index (χ1v) is 10.6. The number of benzene rings is 2. The zero-order valence-electron chi connectivity index (χ0n) is 18.4. The molecule has 7 heteroatoms. The van der Waals surface area contributed by atoms with E-state index in [1.54, 1.807) is 12.1 Å². The molecule has 3 rings (SSSR count). The Hall–Kier alpha value is -2.61. The normalized spacial score (nSPS) is 14.9. The summed E-state index contributed by atoms with van der Waals surface area (Å²) in [5.41, 5.74) is 1.84. The lowest BCUT2D eigenvalue weighted by Gasteiger charge is -2.34. The molecule has 2 aromatic rings. The van der Waals surface area contributed by atoms with E-state index in [0.717, 1.165) is 45.6 Å². The minimum absolute atomic E-state index is 0.373. The molecule has 1 fully saturated rings. The molecule has 0 amide bonds. The summed E-state index contributed by atoms with van der Waals surface area (Å²) in [6, 6.07) is 13.9. The third-order valence-electron chi connectivity index (χ3n) is 5.36. The van der Waals surface area contributed by atoms with E-state index >= 15 is 0 Å². The van der Waals surface area contributed by atoms with Crippen LogP contribution in [0.15, 0.2) is 42.5 Å². The lowest BCUT2D eigenvalue weighted by molar-refractivity contribution is 0.0594. The van der Waals surface area contributed by atoms with Gasteiger partial charge in [-0.1, -0.05) is 30.3 Å². The van der Waals surface area contributed by atoms with Crippen molar-refractivity contribution in [1.82, 2.24) is 9.80 Å². The molecule has 0 aliphatic carbocycles. The number of hydrogen-bond donors (Lipinski definition) is 0. The first-order chi connectivity index (χ1) is 15.2. The van der Waals surface area contributed by atoms with Crippen LogP contribution in [0.1, 0.15) is 15.9 Å². The number of carbonyl (C=O) groups excluding carboxylic acids is 1. The van der Waals surface area contributed by atoms with E-state index < -0.39 is 0 Å². The summed E-state index contributed by atoms with van der Waals surface area (Å²) in [6.07, 6.45) is 0.749. The summed E-state index contributed by atoms with van der Waals surface area (Å²) in [4.78, 5) is 16.0. The van der Waals surface area contributed by atoms with Crippen LogP contribution in [-0.2, 0) is 11.3 Å². The maximum atomic E-state index is 11.0. The number of hydrogen-bond acceptors (Lipinski definition) is 7. The Balaban J connectivity index is 1.32. The van der Waals surface area contributed by atoms with E-state index in [9.17, 15) is 4.79 Å². The maximum Gasteiger partial charge on any atom is 0.203 e. The zero-order chi connectivity index (χ0) is 21.9. The first-order valence-electron chi connectivity index (χ1n) is 10.6. The summed E-state index contributed by atoms with van der Waals surface area (Å²) in [5, 5.41) is 0. The lowest BCUT2D eigenvalue weighted by Crippen LogP contribution is -2.46. The van der Waals surface area contributed by atoms with Gasteiger partial charge in [0.1, 0.15) is 12.9 Å². The van der Waals surface area contributed by atoms with Crippen LogP contribution in [0.25, 0.3) is 0 Å². The predicted molar refractivity (Wildman–Crippen MR) is 119 cm³/mol. The molecule has 1 aliphatic heterocycles. The molecule has 2 aromatic carbocycles. The average molecular weight is 429 g/mol. The third-order valence-corrected chi connectivity index (χ3v) is 5.36. The van der Waals surface area contributed by atoms with Crippen molar-refractivity contribution < 1.29 is 23.7 Å². The Bertz CT molecular complexity index is 782. The van der Waals surface area contributed by atoms with E-state index in [1.807, 2.05) is 0 Å². The summed E-state index contributed by atoms with van der Waals surface area (Å²) >= 11 is 0. The summed E-state index contributed by atoms with van der Waals surface area (Å²) in [5.74, 6) is 1.42. The van der Waals surface area contributed by atoms with E-state index in [2.05, 4.69) is 40.1 Å². The number of nitrogens with zero attached hydrogens (tertiary/aromatic N) is 2. The number of piperazine rings is 1. The molecular weight excluding hydrogens is 396 g/mol. The lowest BCUT2D eigenvalue weighted by atomic mass is 10.2. The van der Waals surface area contributed by atoms with Crippen LogP contribution in [0.4, 0.5) is 0 Å². The molecule has 1 aliphatic rings. The fourth-order valence-corrected chi connectivity index (χ4v) is 3.62. The van der Waals surface area contributed by atoms with Crippen molar-refractivity contribution >= 4 is 6.29 Å². The van der Waals surface area contributed by atoms with Gasteiger partial charge in [-0.25, -0.2) is 0 Å². The Labute approximate surface area is 184 Å². The van der Waals surface area contributed by atoms with Gasteiger partial charge in [0.05, 0.1) is 27.4 Å². The van der Waals surface area contributed by atoms with Crippen molar-refractivity contribution in [3.05, 3.63) is 53.6 Å². The minimum Gasteiger partial charge on any atom is -0.493 e. The van der Waals surface area contributed by atoms with Gasteiger partial charge in [0, 0.05) is 44.8 Å². The van der Waals surface area contributed by atoms with E-state index in [0.29, 0.717) is 42.6 Å². The molecule has 0 aromatic heterocycles. The van der Waals surface area contributed by atoms with E-state index in [4.69, 9.17) is 18.9 Å². The monoisotopic (exact) mass is 428 g/mol. The van der Waals surface area contributed by atoms with Crippen LogP contribution in [0.5, 0.6) is 17.2 Å². The Morgan fingerprint density at radius 2 is 1.52 bits per heavy atom. The van der Waals surface area contributed by atoms with Gasteiger partial charge in [-0.15, -0.1) is 0 Å². The van der Waals surface area contributed by atoms with Crippen LogP contribution >= 0.6 is 0 Å². The van der Waals surface area contributed by atoms with Crippen LogP contribution < -0.4 is 14.2 Å². The van der Waals surface area contributed by atoms with Gasteiger partial charge in [-0.3, -0.25) is 14.6 Å². The standard InChI is InChI=1S/C24H32N2O5/c1-28-22-16-21(19-27)17-23(29-2)24(22)31-15-14-30-13-12-25-8-10-26(11-9-25)18-20-6-4-3-5-7-20/h3-7,16-17,19H,8-15,18H2,1-2H3. The Morgan fingerprint density at radius 1 is 0.871 bits per heavy atom. The molecule has 1 saturated heterocycles. The molecule has 0 N–H and O–H groups in total. The van der Waals surface area contributed by atoms with Crippen molar-refractivity contribution in [1.29, 1.82) is 0 Å². The van der Waals surface area contributed by atoms with Crippen molar-refractivity contribution in [2.75, 3.05) is 66.8 Å². The number of ether oxygens (including phenoxy) is 4. The predicted octanol–water partition coefficient (Wildman–Crippen LogP) is 2.73. The second-order valence-corrected chi connectivity index (χ2v) is 7.44. The SMILES string of the molecule is COc1cc(C=O)cc(OC)c1OCCOCCN1CCN(Cc2ccccc2)CC1. The van der Waals surface area contributed by atoms with E-state index in [1.165, 1.54) is 19.8 Å². The second kappa shape index (κ2) is 12.3. The highest BCUT2D eigenvalue weighted by atomic mass is 16.6. The van der Waals surface area contributed by atoms with Crippen LogP contribution in [0, 0.1) is 0 Å². The summed E-state index contributed by atoms with van der Waals surface area (Å²) in [6.45, 7) is 7.72. The highest BCUT2D eigenvalue weighted by Crippen LogP contribution is 2.38. The highest BCUT2D eigenvalue weighted by molar-refractivity contribution is 5.78. The van der Waals surface area contributed by atoms with Gasteiger partial charge in [-0.2, -0.15) is 0 Å². The molecule has 1 heterocycles. The fourth-order valence-electron chi connectivity index (χ4n) is 3.62. The Kier molecular flexibility index (Phi) is 9.15. The smallest absolute Gasteiger partial charge is 0.203 e. The van der Waals surface area contributed by atoms with E-state index in [-0.39, 0.29) is 0 Å². The quantitative estimate of drug-likeness (QED) is 0.381. The zero-order valence-corrected chi connectivity index (χ0v) is 18.4. The fraction of sp³-hybridized carbons (Fsp3) is 0.458. The van der Waals surface area contributed by atoms with Gasteiger partial charge in [0.2, 0.25) is 5.75 Å². The molecule has 0 spiro atoms. The topological polar surface area (TPSA) is 60.5 Å². The molecule has 168 valence electrons. The van der Waals surface area contributed by atoms with Crippen LogP contribution in [-0.4, -0.2) is 82.9 Å². The van der Waals surface area contributed by atoms with Gasteiger partial charge in [0.15, 0.2) is 11.5 Å². The van der Waals surface area contributed by atoms with Crippen molar-refractivity contribution in [2.45, 2.75) is 6.54 Å². The Morgan fingerprint density at radius 3 is 2.13 bits per heavy atom. The number of rotatable bonds is 12. The second-order valence-electron chi connectivity index (χ2n) is 7.44. The molecule has 0 radical (unpaired) electrons. The van der Waals surface area contributed by atoms with Gasteiger partial charge < -0.3 is 18.9 Å². The molecular formula is C24H32N2O5. The number of aldehydes is 1. The van der Waals surface area contributed by atoms with Crippen molar-refractivity contribution in [3.8, 4) is 17.2 Å². The molecule has 0 atom stereocenters. The average Bonchev–Trinajstić information content (AvgIpc) is 2.82. The molecule has 0 saturated carbocycles. The first kappa shape index (κ1) is 23.1. The van der Waals surface area contributed by atoms with Crippen LogP contribution in [0.3, 0.4) is 0 Å². The minimum atomic E-state index is 0.373. The maximum absolute atomic E-state index is 11.0. The third kappa shape index (κ3) is 6.95. The highest BCUT2D eigenvalue weighted by Gasteiger charge is 2.17. The van der Waals surface area contributed by atoms with Crippen molar-refractivity contribution in [2.24, 2.45) is 0 Å². The van der Waals surface area contributed by atoms with Gasteiger partial charge in [-0.05, 0) is 17.7 Å². The molecule has 0 bridgehead atoms. The van der Waals surface area contributed by atoms with Gasteiger partial charge in [0.25, 0.3) is 0 Å². The largest absolute Gasteiger partial charge is 0.493 e. The summed E-state index contributed by atoms with van der Waals surface area (Å²) in [7, 11) is 3.07.